The first-order chi connectivity index (χ1) is 6.99. The largest absolute Gasteiger partial charge is 0.435 e. The lowest BCUT2D eigenvalue weighted by atomic mass is 10.3. The zero-order valence-corrected chi connectivity index (χ0v) is 8.10. The van der Waals surface area contributed by atoms with Gasteiger partial charge < -0.3 is 5.32 Å². The van der Waals surface area contributed by atoms with Gasteiger partial charge in [-0.05, 0) is 13.1 Å². The molecule has 0 fully saturated rings. The average Bonchev–Trinajstić information content (AvgIpc) is 2.50. The van der Waals surface area contributed by atoms with Crippen LogP contribution in [-0.4, -0.2) is 23.5 Å². The van der Waals surface area contributed by atoms with Crippen LogP contribution < -0.4 is 5.32 Å². The van der Waals surface area contributed by atoms with E-state index in [1.54, 1.807) is 7.05 Å². The second-order valence-electron chi connectivity index (χ2n) is 2.96. The Morgan fingerprint density at radius 1 is 1.47 bits per heavy atom. The van der Waals surface area contributed by atoms with Crippen molar-refractivity contribution in [3.8, 4) is 0 Å². The van der Waals surface area contributed by atoms with E-state index < -0.39 is 18.5 Å². The van der Waals surface area contributed by atoms with Gasteiger partial charge in [0.1, 0.15) is 6.67 Å². The fourth-order valence-corrected chi connectivity index (χ4v) is 1.19. The maximum Gasteiger partial charge on any atom is 0.435 e. The number of alkyl halides is 4. The van der Waals surface area contributed by atoms with Gasteiger partial charge in [-0.15, -0.1) is 0 Å². The van der Waals surface area contributed by atoms with E-state index in [2.05, 4.69) is 10.4 Å². The smallest absolute Gasteiger partial charge is 0.314 e. The molecule has 0 atom stereocenters. The van der Waals surface area contributed by atoms with Gasteiger partial charge in [-0.1, -0.05) is 0 Å². The lowest BCUT2D eigenvalue weighted by Gasteiger charge is -2.03. The summed E-state index contributed by atoms with van der Waals surface area (Å²) in [6, 6.07) is 0.923. The highest BCUT2D eigenvalue weighted by atomic mass is 19.4. The topological polar surface area (TPSA) is 29.9 Å². The number of hydrogen-bond acceptors (Lipinski definition) is 2. The molecule has 0 amide bonds. The van der Waals surface area contributed by atoms with Gasteiger partial charge in [-0.25, -0.2) is 4.39 Å². The van der Waals surface area contributed by atoms with Gasteiger partial charge >= 0.3 is 6.18 Å². The number of nitrogens with one attached hydrogen (secondary N) is 1. The molecular weight excluding hydrogens is 214 g/mol. The van der Waals surface area contributed by atoms with E-state index in [9.17, 15) is 17.6 Å². The van der Waals surface area contributed by atoms with E-state index in [0.717, 1.165) is 10.7 Å². The summed E-state index contributed by atoms with van der Waals surface area (Å²) in [7, 11) is 1.60. The third kappa shape index (κ3) is 2.92. The summed E-state index contributed by atoms with van der Waals surface area (Å²) in [5.74, 6) is 0. The van der Waals surface area contributed by atoms with Gasteiger partial charge in [0, 0.05) is 6.54 Å². The average molecular weight is 225 g/mol. The summed E-state index contributed by atoms with van der Waals surface area (Å²) in [4.78, 5) is 0. The van der Waals surface area contributed by atoms with Crippen LogP contribution in [0, 0.1) is 0 Å². The third-order valence-electron chi connectivity index (χ3n) is 1.81. The van der Waals surface area contributed by atoms with Crippen LogP contribution in [-0.2, 0) is 19.3 Å². The monoisotopic (exact) mass is 225 g/mol. The summed E-state index contributed by atoms with van der Waals surface area (Å²) in [6.07, 6.45) is -4.48. The van der Waals surface area contributed by atoms with E-state index in [-0.39, 0.29) is 13.1 Å². The number of aromatic nitrogens is 2. The van der Waals surface area contributed by atoms with E-state index >= 15 is 0 Å². The lowest BCUT2D eigenvalue weighted by Crippen LogP contribution is -2.13. The van der Waals surface area contributed by atoms with Gasteiger partial charge in [-0.2, -0.15) is 18.3 Å². The number of halogens is 4. The Morgan fingerprint density at radius 2 is 2.13 bits per heavy atom. The normalized spacial score (nSPS) is 12.1. The minimum Gasteiger partial charge on any atom is -0.314 e. The first-order valence-corrected chi connectivity index (χ1v) is 4.33. The van der Waals surface area contributed by atoms with Gasteiger partial charge in [0.05, 0.1) is 12.2 Å². The molecular formula is C8H11F4N3. The van der Waals surface area contributed by atoms with Crippen molar-refractivity contribution in [1.29, 1.82) is 0 Å². The molecule has 3 nitrogen and oxygen atoms in total. The fourth-order valence-electron chi connectivity index (χ4n) is 1.19. The lowest BCUT2D eigenvalue weighted by molar-refractivity contribution is -0.141. The van der Waals surface area contributed by atoms with Crippen LogP contribution in [0.3, 0.4) is 0 Å². The number of hydrogen-bond donors (Lipinski definition) is 1. The summed E-state index contributed by atoms with van der Waals surface area (Å²) in [6.45, 7) is -0.675. The molecule has 0 aliphatic rings. The highest BCUT2D eigenvalue weighted by Crippen LogP contribution is 2.28. The quantitative estimate of drug-likeness (QED) is 0.788. The van der Waals surface area contributed by atoms with Crippen LogP contribution in [0.15, 0.2) is 6.07 Å². The molecule has 1 aromatic heterocycles. The standard InChI is InChI=1S/C8H11F4N3/c1-13-5-6-4-7(8(10,11)12)14-15(6)3-2-9/h4,13H,2-3,5H2,1H3. The Morgan fingerprint density at radius 3 is 2.60 bits per heavy atom. The Labute approximate surface area is 84.1 Å². The fraction of sp³-hybridized carbons (Fsp3) is 0.625. The molecule has 1 heterocycles. The van der Waals surface area contributed by atoms with Crippen molar-refractivity contribution in [1.82, 2.24) is 15.1 Å². The molecule has 1 rings (SSSR count). The first-order valence-electron chi connectivity index (χ1n) is 4.33. The van der Waals surface area contributed by atoms with Crippen molar-refractivity contribution in [3.63, 3.8) is 0 Å². The summed E-state index contributed by atoms with van der Waals surface area (Å²) in [5.41, 5.74) is -0.663. The van der Waals surface area contributed by atoms with Crippen LogP contribution in [0.4, 0.5) is 17.6 Å². The van der Waals surface area contributed by atoms with Crippen molar-refractivity contribution < 1.29 is 17.6 Å². The molecule has 0 bridgehead atoms. The second kappa shape index (κ2) is 4.61. The van der Waals surface area contributed by atoms with Crippen LogP contribution >= 0.6 is 0 Å². The molecule has 1 aromatic rings. The van der Waals surface area contributed by atoms with Crippen LogP contribution in [0.25, 0.3) is 0 Å². The van der Waals surface area contributed by atoms with Crippen molar-refractivity contribution in [2.75, 3.05) is 13.7 Å². The van der Waals surface area contributed by atoms with Crippen LogP contribution in [0.5, 0.6) is 0 Å². The predicted molar refractivity (Wildman–Crippen MR) is 46.0 cm³/mol. The van der Waals surface area contributed by atoms with Gasteiger partial charge in [-0.3, -0.25) is 4.68 Å². The minimum atomic E-state index is -4.48. The van der Waals surface area contributed by atoms with E-state index in [1.165, 1.54) is 0 Å². The molecule has 1 N–H and O–H groups in total. The summed E-state index contributed by atoms with van der Waals surface area (Å²) < 4.78 is 49.9. The van der Waals surface area contributed by atoms with Crippen LogP contribution in [0.2, 0.25) is 0 Å². The Bertz CT molecular complexity index is 295. The number of aryl methyl sites for hydroxylation is 1. The first kappa shape index (κ1) is 12.0. The summed E-state index contributed by atoms with van der Waals surface area (Å²) in [5, 5.41) is 6.00. The SMILES string of the molecule is CNCc1cc(C(F)(F)F)nn1CCF. The van der Waals surface area contributed by atoms with Crippen molar-refractivity contribution >= 4 is 0 Å². The van der Waals surface area contributed by atoms with Crippen molar-refractivity contribution in [3.05, 3.63) is 17.5 Å². The summed E-state index contributed by atoms with van der Waals surface area (Å²) >= 11 is 0. The van der Waals surface area contributed by atoms with E-state index in [4.69, 9.17) is 0 Å². The molecule has 0 aromatic carbocycles. The molecule has 7 heteroatoms. The molecule has 86 valence electrons. The highest BCUT2D eigenvalue weighted by Gasteiger charge is 2.34. The van der Waals surface area contributed by atoms with Gasteiger partial charge in [0.15, 0.2) is 5.69 Å². The number of rotatable bonds is 4. The maximum atomic E-state index is 12.3. The Hall–Kier alpha value is -1.11. The van der Waals surface area contributed by atoms with Gasteiger partial charge in [0.25, 0.3) is 0 Å². The maximum absolute atomic E-state index is 12.3. The predicted octanol–water partition coefficient (Wildman–Crippen LogP) is 1.59. The molecule has 0 unspecified atom stereocenters. The highest BCUT2D eigenvalue weighted by molar-refractivity contribution is 5.13. The molecule has 0 radical (unpaired) electrons. The Balaban J connectivity index is 2.98. The second-order valence-corrected chi connectivity index (χ2v) is 2.96. The van der Waals surface area contributed by atoms with Gasteiger partial charge in [0.2, 0.25) is 0 Å². The zero-order valence-electron chi connectivity index (χ0n) is 8.10. The molecule has 0 spiro atoms. The molecule has 0 saturated carbocycles. The Kier molecular flexibility index (Phi) is 3.67. The molecule has 0 aliphatic heterocycles. The van der Waals surface area contributed by atoms with E-state index in [1.807, 2.05) is 0 Å². The minimum absolute atomic E-state index is 0.160. The van der Waals surface area contributed by atoms with Crippen molar-refractivity contribution in [2.45, 2.75) is 19.3 Å². The van der Waals surface area contributed by atoms with Crippen molar-refractivity contribution in [2.24, 2.45) is 0 Å². The third-order valence-corrected chi connectivity index (χ3v) is 1.81. The molecule has 0 aliphatic carbocycles. The molecule has 15 heavy (non-hydrogen) atoms. The number of nitrogens with zero attached hydrogens (tertiary/aromatic N) is 2. The van der Waals surface area contributed by atoms with E-state index in [0.29, 0.717) is 5.69 Å². The zero-order chi connectivity index (χ0) is 11.5. The van der Waals surface area contributed by atoms with Crippen LogP contribution in [0.1, 0.15) is 11.4 Å². The molecule has 0 saturated heterocycles.